The van der Waals surface area contributed by atoms with Crippen LogP contribution in [0.5, 0.6) is 5.75 Å². The van der Waals surface area contributed by atoms with Crippen LogP contribution < -0.4 is 9.64 Å². The van der Waals surface area contributed by atoms with E-state index in [1.807, 2.05) is 18.2 Å². The molecular formula is C25H23NO. The van der Waals surface area contributed by atoms with Crippen molar-refractivity contribution >= 4 is 22.7 Å². The topological polar surface area (TPSA) is 12.5 Å². The van der Waals surface area contributed by atoms with Crippen molar-refractivity contribution in [1.29, 1.82) is 0 Å². The Bertz CT molecular complexity index is 1030. The number of ether oxygens (including phenoxy) is 1. The molecule has 0 N–H and O–H groups in total. The van der Waals surface area contributed by atoms with Crippen LogP contribution in [-0.4, -0.2) is 7.11 Å². The van der Waals surface area contributed by atoms with Gasteiger partial charge in [-0.25, -0.2) is 0 Å². The highest BCUT2D eigenvalue weighted by Gasteiger charge is 2.28. The first-order valence-corrected chi connectivity index (χ1v) is 9.11. The first-order chi connectivity index (χ1) is 13.1. The molecule has 1 aliphatic heterocycles. The maximum absolute atomic E-state index is 5.33. The zero-order valence-electron chi connectivity index (χ0n) is 16.0. The minimum absolute atomic E-state index is 0.847. The number of fused-ring (bicyclic) bond motifs is 1. The van der Waals surface area contributed by atoms with Crippen molar-refractivity contribution in [1.82, 2.24) is 0 Å². The molecule has 3 aromatic rings. The van der Waals surface area contributed by atoms with Gasteiger partial charge in [0.1, 0.15) is 5.75 Å². The highest BCUT2D eigenvalue weighted by atomic mass is 16.5. The largest absolute Gasteiger partial charge is 0.497 e. The van der Waals surface area contributed by atoms with Crippen molar-refractivity contribution in [2.24, 2.45) is 0 Å². The van der Waals surface area contributed by atoms with E-state index in [2.05, 4.69) is 79.9 Å². The van der Waals surface area contributed by atoms with Crippen molar-refractivity contribution in [3.05, 3.63) is 102 Å². The molecule has 0 spiro atoms. The fourth-order valence-electron chi connectivity index (χ4n) is 3.73. The van der Waals surface area contributed by atoms with Crippen LogP contribution in [0.3, 0.4) is 0 Å². The highest BCUT2D eigenvalue weighted by molar-refractivity contribution is 6.09. The second kappa shape index (κ2) is 6.81. The molecule has 2 nitrogen and oxygen atoms in total. The lowest BCUT2D eigenvalue weighted by Crippen LogP contribution is -2.24. The highest BCUT2D eigenvalue weighted by Crippen LogP contribution is 2.44. The summed E-state index contributed by atoms with van der Waals surface area (Å²) in [5.41, 5.74) is 9.35. The summed E-state index contributed by atoms with van der Waals surface area (Å²) in [6.45, 7) is 8.79. The molecule has 1 aliphatic rings. The lowest BCUT2D eigenvalue weighted by molar-refractivity contribution is 0.415. The van der Waals surface area contributed by atoms with Crippen molar-refractivity contribution in [2.75, 3.05) is 12.0 Å². The van der Waals surface area contributed by atoms with E-state index in [0.29, 0.717) is 0 Å². The molecule has 134 valence electrons. The fourth-order valence-corrected chi connectivity index (χ4v) is 3.73. The minimum atomic E-state index is 0.847. The lowest BCUT2D eigenvalue weighted by Gasteiger charge is -2.36. The average Bonchev–Trinajstić information content (AvgIpc) is 2.71. The number of benzene rings is 3. The zero-order chi connectivity index (χ0) is 19.0. The molecule has 0 fully saturated rings. The van der Waals surface area contributed by atoms with Gasteiger partial charge in [-0.15, -0.1) is 0 Å². The molecule has 0 radical (unpaired) electrons. The van der Waals surface area contributed by atoms with Gasteiger partial charge in [0, 0.05) is 16.9 Å². The maximum atomic E-state index is 5.33. The second-order valence-electron chi connectivity index (χ2n) is 6.87. The standard InChI is InChI=1S/C25H23NO/c1-17-10-15-23-19(3)26(21-11-13-22(27-4)14-12-21)25(18(2)24(23)16-17)20-8-6-5-7-9-20/h5-16H,3H2,1-2,4H3. The summed E-state index contributed by atoms with van der Waals surface area (Å²) in [7, 11) is 1.69. The van der Waals surface area contributed by atoms with Gasteiger partial charge in [-0.2, -0.15) is 0 Å². The van der Waals surface area contributed by atoms with E-state index in [1.54, 1.807) is 7.11 Å². The van der Waals surface area contributed by atoms with Gasteiger partial charge in [-0.1, -0.05) is 60.7 Å². The number of allylic oxidation sites excluding steroid dienone is 1. The summed E-state index contributed by atoms with van der Waals surface area (Å²) in [4.78, 5) is 2.25. The molecule has 0 saturated carbocycles. The molecule has 3 aromatic carbocycles. The Balaban J connectivity index is 1.97. The lowest BCUT2D eigenvalue weighted by atomic mass is 9.88. The summed E-state index contributed by atoms with van der Waals surface area (Å²) < 4.78 is 5.33. The van der Waals surface area contributed by atoms with Gasteiger partial charge >= 0.3 is 0 Å². The van der Waals surface area contributed by atoms with Crippen LogP contribution in [-0.2, 0) is 0 Å². The Morgan fingerprint density at radius 1 is 0.815 bits per heavy atom. The van der Waals surface area contributed by atoms with Crippen molar-refractivity contribution < 1.29 is 4.74 Å². The van der Waals surface area contributed by atoms with Crippen LogP contribution in [0.2, 0.25) is 0 Å². The molecule has 0 unspecified atom stereocenters. The fraction of sp³-hybridized carbons (Fsp3) is 0.120. The minimum Gasteiger partial charge on any atom is -0.497 e. The van der Waals surface area contributed by atoms with Crippen LogP contribution in [0, 0.1) is 6.92 Å². The Morgan fingerprint density at radius 3 is 2.19 bits per heavy atom. The van der Waals surface area contributed by atoms with E-state index in [0.717, 1.165) is 17.1 Å². The van der Waals surface area contributed by atoms with Gasteiger partial charge in [0.2, 0.25) is 0 Å². The van der Waals surface area contributed by atoms with Gasteiger partial charge in [-0.05, 0) is 54.8 Å². The molecule has 1 heterocycles. The van der Waals surface area contributed by atoms with Gasteiger partial charge in [0.05, 0.1) is 12.8 Å². The molecule has 2 heteroatoms. The Hall–Kier alpha value is -3.26. The summed E-state index contributed by atoms with van der Waals surface area (Å²) in [6.07, 6.45) is 0. The zero-order valence-corrected chi connectivity index (χ0v) is 16.0. The van der Waals surface area contributed by atoms with E-state index < -0.39 is 0 Å². The number of aryl methyl sites for hydroxylation is 1. The third-order valence-corrected chi connectivity index (χ3v) is 5.12. The quantitative estimate of drug-likeness (QED) is 0.541. The average molecular weight is 353 g/mol. The number of anilines is 1. The van der Waals surface area contributed by atoms with Crippen LogP contribution in [0.25, 0.3) is 17.0 Å². The molecule has 0 amide bonds. The molecular weight excluding hydrogens is 330 g/mol. The number of hydrogen-bond donors (Lipinski definition) is 0. The van der Waals surface area contributed by atoms with Crippen molar-refractivity contribution in [2.45, 2.75) is 13.8 Å². The molecule has 0 aliphatic carbocycles. The molecule has 0 aromatic heterocycles. The van der Waals surface area contributed by atoms with Gasteiger partial charge < -0.3 is 9.64 Å². The third kappa shape index (κ3) is 2.93. The Labute approximate surface area is 161 Å². The molecule has 4 rings (SSSR count). The van der Waals surface area contributed by atoms with E-state index in [-0.39, 0.29) is 0 Å². The summed E-state index contributed by atoms with van der Waals surface area (Å²) in [5, 5.41) is 0. The van der Waals surface area contributed by atoms with Gasteiger partial charge in [0.15, 0.2) is 0 Å². The summed E-state index contributed by atoms with van der Waals surface area (Å²) in [6, 6.07) is 25.2. The van der Waals surface area contributed by atoms with Crippen molar-refractivity contribution in [3.8, 4) is 5.75 Å². The van der Waals surface area contributed by atoms with Crippen molar-refractivity contribution in [3.63, 3.8) is 0 Å². The summed E-state index contributed by atoms with van der Waals surface area (Å²) >= 11 is 0. The predicted octanol–water partition coefficient (Wildman–Crippen LogP) is 6.38. The first kappa shape index (κ1) is 17.2. The molecule has 0 atom stereocenters. The van der Waals surface area contributed by atoms with E-state index >= 15 is 0 Å². The maximum Gasteiger partial charge on any atom is 0.119 e. The second-order valence-corrected chi connectivity index (χ2v) is 6.87. The molecule has 0 saturated heterocycles. The predicted molar refractivity (Wildman–Crippen MR) is 115 cm³/mol. The molecule has 0 bridgehead atoms. The Kier molecular flexibility index (Phi) is 4.33. The summed E-state index contributed by atoms with van der Waals surface area (Å²) in [5.74, 6) is 0.847. The number of rotatable bonds is 3. The number of nitrogens with zero attached hydrogens (tertiary/aromatic N) is 1. The van der Waals surface area contributed by atoms with Crippen LogP contribution in [0.15, 0.2) is 79.4 Å². The number of hydrogen-bond acceptors (Lipinski definition) is 2. The van der Waals surface area contributed by atoms with Crippen LogP contribution in [0.1, 0.15) is 29.2 Å². The molecule has 27 heavy (non-hydrogen) atoms. The van der Waals surface area contributed by atoms with E-state index in [4.69, 9.17) is 4.74 Å². The van der Waals surface area contributed by atoms with E-state index in [1.165, 1.54) is 33.5 Å². The smallest absolute Gasteiger partial charge is 0.119 e. The van der Waals surface area contributed by atoms with Crippen LogP contribution >= 0.6 is 0 Å². The Morgan fingerprint density at radius 2 is 1.52 bits per heavy atom. The first-order valence-electron chi connectivity index (χ1n) is 9.11. The van der Waals surface area contributed by atoms with Gasteiger partial charge in [0.25, 0.3) is 0 Å². The monoisotopic (exact) mass is 353 g/mol. The van der Waals surface area contributed by atoms with E-state index in [9.17, 15) is 0 Å². The van der Waals surface area contributed by atoms with Crippen LogP contribution in [0.4, 0.5) is 5.69 Å². The normalized spacial score (nSPS) is 13.6. The number of methoxy groups -OCH3 is 1. The SMILES string of the molecule is C=C1c2ccc(C)cc2C(C)=C(c2ccccc2)N1c1ccc(OC)cc1. The third-order valence-electron chi connectivity index (χ3n) is 5.12. The van der Waals surface area contributed by atoms with Gasteiger partial charge in [-0.3, -0.25) is 0 Å².